The second kappa shape index (κ2) is 8.52. The van der Waals surface area contributed by atoms with Gasteiger partial charge in [0, 0.05) is 5.56 Å². The molecule has 2 aliphatic rings. The summed E-state index contributed by atoms with van der Waals surface area (Å²) in [5, 5.41) is 39.4. The van der Waals surface area contributed by atoms with E-state index in [2.05, 4.69) is 0 Å². The van der Waals surface area contributed by atoms with E-state index in [0.29, 0.717) is 18.0 Å². The first-order chi connectivity index (χ1) is 14.1. The van der Waals surface area contributed by atoms with Crippen LogP contribution in [0, 0.1) is 0 Å². The Morgan fingerprint density at radius 3 is 2.53 bits per heavy atom. The first kappa shape index (κ1) is 22.5. The molecule has 1 fully saturated rings. The lowest BCUT2D eigenvalue weighted by Gasteiger charge is -2.43. The minimum Gasteiger partial charge on any atom is -0.494 e. The number of ether oxygens (including phenoxy) is 3. The van der Waals surface area contributed by atoms with Crippen molar-refractivity contribution in [3.63, 3.8) is 0 Å². The van der Waals surface area contributed by atoms with Gasteiger partial charge in [0.1, 0.15) is 30.2 Å². The predicted molar refractivity (Wildman–Crippen MR) is 108 cm³/mol. The number of hydrogen-bond donors (Lipinski definition) is 4. The minimum absolute atomic E-state index is 0.510. The molecule has 1 aromatic rings. The Morgan fingerprint density at radius 1 is 1.20 bits per heavy atom. The number of allylic oxidation sites excluding steroid dienone is 1. The monoisotopic (exact) mass is 423 g/mol. The molecule has 1 saturated heterocycles. The van der Waals surface area contributed by atoms with Gasteiger partial charge in [-0.3, -0.25) is 4.90 Å². The highest BCUT2D eigenvalue weighted by atomic mass is 16.7. The SMILES string of the molecule is CCOc1ccc2c(c1)C(C)=CC(C)(C)N2C(=O)O[C@@H]1O[C@H](CO)[C@@H](O)[C@H](O)[C@H]1O. The van der Waals surface area contributed by atoms with Crippen molar-refractivity contribution in [2.45, 2.75) is 63.9 Å². The van der Waals surface area contributed by atoms with Gasteiger partial charge in [-0.2, -0.15) is 0 Å². The molecule has 2 heterocycles. The van der Waals surface area contributed by atoms with Crippen LogP contribution in [0.3, 0.4) is 0 Å². The summed E-state index contributed by atoms with van der Waals surface area (Å²) in [6.45, 7) is 7.40. The number of carbonyl (C=O) groups excluding carboxylic acids is 1. The van der Waals surface area contributed by atoms with Crippen molar-refractivity contribution >= 4 is 17.4 Å². The molecule has 0 unspecified atom stereocenters. The maximum absolute atomic E-state index is 13.1. The van der Waals surface area contributed by atoms with E-state index in [9.17, 15) is 25.2 Å². The highest BCUT2D eigenvalue weighted by Crippen LogP contribution is 2.41. The van der Waals surface area contributed by atoms with E-state index in [1.165, 1.54) is 4.90 Å². The van der Waals surface area contributed by atoms with Crippen molar-refractivity contribution in [1.82, 2.24) is 0 Å². The quantitative estimate of drug-likeness (QED) is 0.565. The zero-order valence-electron chi connectivity index (χ0n) is 17.5. The Hall–Kier alpha value is -2.17. The van der Waals surface area contributed by atoms with Crippen LogP contribution in [0.5, 0.6) is 5.75 Å². The number of carbonyl (C=O) groups is 1. The number of benzene rings is 1. The van der Waals surface area contributed by atoms with Crippen molar-refractivity contribution < 1.29 is 39.4 Å². The van der Waals surface area contributed by atoms with Gasteiger partial charge in [0.25, 0.3) is 0 Å². The van der Waals surface area contributed by atoms with E-state index in [0.717, 1.165) is 11.1 Å². The highest BCUT2D eigenvalue weighted by molar-refractivity contribution is 5.97. The average molecular weight is 423 g/mol. The molecule has 1 amide bonds. The van der Waals surface area contributed by atoms with E-state index < -0.39 is 48.9 Å². The number of fused-ring (bicyclic) bond motifs is 1. The summed E-state index contributed by atoms with van der Waals surface area (Å²) < 4.78 is 16.2. The topological polar surface area (TPSA) is 129 Å². The number of aliphatic hydroxyl groups excluding tert-OH is 4. The van der Waals surface area contributed by atoms with Crippen LogP contribution in [0.15, 0.2) is 24.3 Å². The van der Waals surface area contributed by atoms with Gasteiger partial charge in [-0.15, -0.1) is 0 Å². The molecule has 0 saturated carbocycles. The first-order valence-corrected chi connectivity index (χ1v) is 9.88. The number of amides is 1. The standard InChI is InChI=1S/C21H29NO8/c1-5-28-12-6-7-14-13(8-12)11(2)9-21(3,4)22(14)20(27)30-19-18(26)17(25)16(24)15(10-23)29-19/h6-9,15-19,23-26H,5,10H2,1-4H3/t15-,16-,17+,18-,19+/m1/s1. The lowest BCUT2D eigenvalue weighted by molar-refractivity contribution is -0.284. The van der Waals surface area contributed by atoms with Gasteiger partial charge < -0.3 is 34.6 Å². The van der Waals surface area contributed by atoms with E-state index in [1.807, 2.05) is 39.8 Å². The number of aliphatic hydroxyl groups is 4. The number of anilines is 1. The second-order valence-corrected chi connectivity index (χ2v) is 8.01. The Morgan fingerprint density at radius 2 is 1.90 bits per heavy atom. The lowest BCUT2D eigenvalue weighted by Crippen LogP contribution is -2.60. The van der Waals surface area contributed by atoms with E-state index in [-0.39, 0.29) is 0 Å². The van der Waals surface area contributed by atoms with E-state index in [1.54, 1.807) is 12.1 Å². The van der Waals surface area contributed by atoms with Crippen LogP contribution in [0.2, 0.25) is 0 Å². The van der Waals surface area contributed by atoms with E-state index >= 15 is 0 Å². The summed E-state index contributed by atoms with van der Waals surface area (Å²) in [4.78, 5) is 14.6. The van der Waals surface area contributed by atoms with Gasteiger partial charge in [0.2, 0.25) is 6.29 Å². The van der Waals surface area contributed by atoms with Crippen molar-refractivity contribution in [2.24, 2.45) is 0 Å². The molecule has 5 atom stereocenters. The Balaban J connectivity index is 1.90. The Kier molecular flexibility index (Phi) is 6.40. The van der Waals surface area contributed by atoms with Gasteiger partial charge in [0.15, 0.2) is 0 Å². The maximum atomic E-state index is 13.1. The number of hydrogen-bond acceptors (Lipinski definition) is 8. The van der Waals surface area contributed by atoms with Crippen LogP contribution >= 0.6 is 0 Å². The molecule has 3 rings (SSSR count). The van der Waals surface area contributed by atoms with Crippen molar-refractivity contribution in [3.8, 4) is 5.75 Å². The fourth-order valence-corrected chi connectivity index (χ4v) is 3.92. The fraction of sp³-hybridized carbons (Fsp3) is 0.571. The maximum Gasteiger partial charge on any atom is 0.417 e. The summed E-state index contributed by atoms with van der Waals surface area (Å²) in [7, 11) is 0. The largest absolute Gasteiger partial charge is 0.494 e. The first-order valence-electron chi connectivity index (χ1n) is 9.88. The minimum atomic E-state index is -1.67. The molecule has 0 aromatic heterocycles. The molecule has 9 heteroatoms. The predicted octanol–water partition coefficient (Wildman–Crippen LogP) is 1.02. The number of rotatable bonds is 4. The molecule has 166 valence electrons. The molecule has 9 nitrogen and oxygen atoms in total. The van der Waals surface area contributed by atoms with Gasteiger partial charge in [-0.05, 0) is 51.5 Å². The molecule has 4 N–H and O–H groups in total. The Bertz CT molecular complexity index is 821. The smallest absolute Gasteiger partial charge is 0.417 e. The Labute approximate surface area is 175 Å². The van der Waals surface area contributed by atoms with Gasteiger partial charge in [-0.1, -0.05) is 6.08 Å². The van der Waals surface area contributed by atoms with Gasteiger partial charge in [0.05, 0.1) is 24.4 Å². The van der Waals surface area contributed by atoms with Gasteiger partial charge in [-0.25, -0.2) is 4.79 Å². The molecule has 0 spiro atoms. The van der Waals surface area contributed by atoms with Crippen LogP contribution in [0.4, 0.5) is 10.5 Å². The zero-order chi connectivity index (χ0) is 22.2. The van der Waals surface area contributed by atoms with Crippen LogP contribution in [-0.4, -0.2) is 76.0 Å². The third-order valence-corrected chi connectivity index (χ3v) is 5.34. The molecule has 2 aliphatic heterocycles. The number of nitrogens with zero attached hydrogens (tertiary/aromatic N) is 1. The van der Waals surface area contributed by atoms with Crippen LogP contribution in [0.25, 0.3) is 5.57 Å². The summed E-state index contributed by atoms with van der Waals surface area (Å²) in [5.41, 5.74) is 1.60. The molecule has 30 heavy (non-hydrogen) atoms. The van der Waals surface area contributed by atoms with Crippen LogP contribution in [-0.2, 0) is 9.47 Å². The zero-order valence-corrected chi connectivity index (χ0v) is 17.5. The molecule has 0 aliphatic carbocycles. The van der Waals surface area contributed by atoms with Crippen LogP contribution in [0.1, 0.15) is 33.3 Å². The van der Waals surface area contributed by atoms with Gasteiger partial charge >= 0.3 is 6.09 Å². The fourth-order valence-electron chi connectivity index (χ4n) is 3.92. The third-order valence-electron chi connectivity index (χ3n) is 5.34. The highest BCUT2D eigenvalue weighted by Gasteiger charge is 2.47. The third kappa shape index (κ3) is 4.03. The lowest BCUT2D eigenvalue weighted by atomic mass is 9.89. The van der Waals surface area contributed by atoms with Crippen molar-refractivity contribution in [2.75, 3.05) is 18.1 Å². The molecule has 0 bridgehead atoms. The van der Waals surface area contributed by atoms with Crippen molar-refractivity contribution in [3.05, 3.63) is 29.8 Å². The average Bonchev–Trinajstić information content (AvgIpc) is 2.68. The molecule has 1 aromatic carbocycles. The summed E-state index contributed by atoms with van der Waals surface area (Å²) in [5.74, 6) is 0.672. The van der Waals surface area contributed by atoms with Crippen molar-refractivity contribution in [1.29, 1.82) is 0 Å². The molecular formula is C21H29NO8. The van der Waals surface area contributed by atoms with Crippen LogP contribution < -0.4 is 9.64 Å². The summed E-state index contributed by atoms with van der Waals surface area (Å²) in [6.07, 6.45) is -6.45. The normalized spacial score (nSPS) is 30.3. The summed E-state index contributed by atoms with van der Waals surface area (Å²) >= 11 is 0. The molecular weight excluding hydrogens is 394 g/mol. The second-order valence-electron chi connectivity index (χ2n) is 8.01. The summed E-state index contributed by atoms with van der Waals surface area (Å²) in [6, 6.07) is 5.35. The molecule has 0 radical (unpaired) electrons. The van der Waals surface area contributed by atoms with E-state index in [4.69, 9.17) is 14.2 Å².